The molecule has 9 heteroatoms. The molecule has 3 aromatic rings. The van der Waals surface area contributed by atoms with Crippen LogP contribution in [0.4, 0.5) is 5.95 Å². The average Bonchev–Trinajstić information content (AvgIpc) is 2.98. The summed E-state index contributed by atoms with van der Waals surface area (Å²) >= 11 is 3.49. The average molecular weight is 420 g/mol. The van der Waals surface area contributed by atoms with E-state index in [0.29, 0.717) is 30.1 Å². The summed E-state index contributed by atoms with van der Waals surface area (Å²) in [5.41, 5.74) is 3.11. The summed E-state index contributed by atoms with van der Waals surface area (Å²) in [5, 5.41) is 14.6. The fourth-order valence-electron chi connectivity index (χ4n) is 3.26. The number of halogens is 1. The van der Waals surface area contributed by atoms with Crippen molar-refractivity contribution in [1.82, 2.24) is 19.7 Å². The summed E-state index contributed by atoms with van der Waals surface area (Å²) in [5.74, 6) is 0.388. The van der Waals surface area contributed by atoms with E-state index in [-0.39, 0.29) is 12.1 Å². The second-order valence-electron chi connectivity index (χ2n) is 6.36. The van der Waals surface area contributed by atoms with E-state index in [1.54, 1.807) is 15.8 Å². The van der Waals surface area contributed by atoms with E-state index in [0.717, 1.165) is 21.3 Å². The minimum atomic E-state index is -0.893. The maximum absolute atomic E-state index is 12.5. The van der Waals surface area contributed by atoms with Gasteiger partial charge in [-0.3, -0.25) is 9.78 Å². The topological polar surface area (TPSA) is 96.3 Å². The minimum absolute atomic E-state index is 0.250. The van der Waals surface area contributed by atoms with Crippen molar-refractivity contribution in [3.05, 3.63) is 44.3 Å². The summed E-state index contributed by atoms with van der Waals surface area (Å²) < 4.78 is 7.81. The van der Waals surface area contributed by atoms with Crippen LogP contribution in [0.5, 0.6) is 0 Å². The van der Waals surface area contributed by atoms with Gasteiger partial charge >= 0.3 is 0 Å². The Labute approximate surface area is 157 Å². The molecule has 2 N–H and O–H groups in total. The first kappa shape index (κ1) is 17.2. The molecule has 0 saturated carbocycles. The van der Waals surface area contributed by atoms with Crippen molar-refractivity contribution < 1.29 is 9.84 Å². The highest BCUT2D eigenvalue weighted by Gasteiger charge is 2.21. The predicted molar refractivity (Wildman–Crippen MR) is 101 cm³/mol. The number of anilines is 1. The van der Waals surface area contributed by atoms with Crippen LogP contribution >= 0.6 is 15.9 Å². The van der Waals surface area contributed by atoms with Gasteiger partial charge < -0.3 is 14.7 Å². The molecule has 1 aromatic carbocycles. The standard InChI is InChI=1S/C17H18BrN5O3/c1-9-5-11(18)6-10(2)14(9)23-7-12-15(21-23)19-17(20-16(12)25)22-3-4-26-13(24)8-22/h5-7,13,24H,3-4,8H2,1-2H3,(H,19,20,21,25). The van der Waals surface area contributed by atoms with Gasteiger partial charge in [-0.2, -0.15) is 4.98 Å². The Bertz CT molecular complexity index is 1020. The SMILES string of the molecule is Cc1cc(Br)cc(C)c1-n1cc2c(=O)[nH]c(N3CCOC(O)C3)nc2n1. The summed E-state index contributed by atoms with van der Waals surface area (Å²) in [6, 6.07) is 4.01. The summed E-state index contributed by atoms with van der Waals surface area (Å²) in [4.78, 5) is 21.6. The Balaban J connectivity index is 1.81. The van der Waals surface area contributed by atoms with Crippen LogP contribution in [0.15, 0.2) is 27.6 Å². The maximum Gasteiger partial charge on any atom is 0.263 e. The van der Waals surface area contributed by atoms with Gasteiger partial charge in [-0.15, -0.1) is 5.10 Å². The van der Waals surface area contributed by atoms with Crippen molar-refractivity contribution in [2.45, 2.75) is 20.1 Å². The molecule has 2 aromatic heterocycles. The van der Waals surface area contributed by atoms with E-state index in [4.69, 9.17) is 4.74 Å². The first-order chi connectivity index (χ1) is 12.4. The molecule has 1 fully saturated rings. The Morgan fingerprint density at radius 1 is 1.35 bits per heavy atom. The van der Waals surface area contributed by atoms with E-state index < -0.39 is 6.29 Å². The van der Waals surface area contributed by atoms with Crippen LogP contribution in [0, 0.1) is 13.8 Å². The zero-order valence-corrected chi connectivity index (χ0v) is 15.9. The fraction of sp³-hybridized carbons (Fsp3) is 0.353. The molecule has 0 bridgehead atoms. The number of hydrogen-bond donors (Lipinski definition) is 2. The number of aromatic nitrogens is 4. The number of nitrogens with zero attached hydrogens (tertiary/aromatic N) is 4. The van der Waals surface area contributed by atoms with Gasteiger partial charge in [-0.1, -0.05) is 15.9 Å². The second-order valence-corrected chi connectivity index (χ2v) is 7.28. The lowest BCUT2D eigenvalue weighted by Gasteiger charge is -2.30. The third-order valence-electron chi connectivity index (χ3n) is 4.41. The number of aliphatic hydroxyl groups excluding tert-OH is 1. The molecule has 4 rings (SSSR count). The Morgan fingerprint density at radius 2 is 2.08 bits per heavy atom. The van der Waals surface area contributed by atoms with E-state index in [1.807, 2.05) is 26.0 Å². The van der Waals surface area contributed by atoms with Crippen molar-refractivity contribution in [3.8, 4) is 5.69 Å². The number of fused-ring (bicyclic) bond motifs is 1. The number of benzene rings is 1. The third kappa shape index (κ3) is 3.02. The van der Waals surface area contributed by atoms with Crippen molar-refractivity contribution in [2.24, 2.45) is 0 Å². The Kier molecular flexibility index (Phi) is 4.29. The quantitative estimate of drug-likeness (QED) is 0.655. The van der Waals surface area contributed by atoms with Gasteiger partial charge in [0.1, 0.15) is 5.39 Å². The zero-order valence-electron chi connectivity index (χ0n) is 14.4. The van der Waals surface area contributed by atoms with Crippen molar-refractivity contribution >= 4 is 32.9 Å². The number of H-pyrrole nitrogens is 1. The number of nitrogens with one attached hydrogen (secondary N) is 1. The first-order valence-corrected chi connectivity index (χ1v) is 9.03. The van der Waals surface area contributed by atoms with Gasteiger partial charge in [0.2, 0.25) is 5.95 Å². The molecule has 1 saturated heterocycles. The molecule has 136 valence electrons. The normalized spacial score (nSPS) is 17.8. The molecule has 8 nitrogen and oxygen atoms in total. The Morgan fingerprint density at radius 3 is 2.77 bits per heavy atom. The minimum Gasteiger partial charge on any atom is -0.366 e. The van der Waals surface area contributed by atoms with Crippen molar-refractivity contribution in [3.63, 3.8) is 0 Å². The number of aryl methyl sites for hydroxylation is 2. The van der Waals surface area contributed by atoms with Crippen molar-refractivity contribution in [1.29, 1.82) is 0 Å². The van der Waals surface area contributed by atoms with E-state index >= 15 is 0 Å². The van der Waals surface area contributed by atoms with Crippen LogP contribution < -0.4 is 10.5 Å². The first-order valence-electron chi connectivity index (χ1n) is 8.24. The Hall–Kier alpha value is -2.23. The molecule has 0 amide bonds. The third-order valence-corrected chi connectivity index (χ3v) is 4.87. The molecule has 3 heterocycles. The van der Waals surface area contributed by atoms with E-state index in [2.05, 4.69) is 31.0 Å². The van der Waals surface area contributed by atoms with Gasteiger partial charge in [0.25, 0.3) is 5.56 Å². The van der Waals surface area contributed by atoms with E-state index in [9.17, 15) is 9.90 Å². The van der Waals surface area contributed by atoms with Gasteiger partial charge in [0.15, 0.2) is 11.9 Å². The number of ether oxygens (including phenoxy) is 1. The molecular formula is C17H18BrN5O3. The van der Waals surface area contributed by atoms with Crippen LogP contribution in [0.2, 0.25) is 0 Å². The molecule has 0 spiro atoms. The molecular weight excluding hydrogens is 402 g/mol. The monoisotopic (exact) mass is 419 g/mol. The molecule has 1 aliphatic heterocycles. The lowest BCUT2D eigenvalue weighted by Crippen LogP contribution is -2.43. The number of rotatable bonds is 2. The molecule has 1 atom stereocenters. The number of hydrogen-bond acceptors (Lipinski definition) is 6. The van der Waals surface area contributed by atoms with E-state index in [1.165, 1.54) is 0 Å². The zero-order chi connectivity index (χ0) is 18.4. The summed E-state index contributed by atoms with van der Waals surface area (Å²) in [6.45, 7) is 5.15. The lowest BCUT2D eigenvalue weighted by atomic mass is 10.1. The van der Waals surface area contributed by atoms with Crippen LogP contribution in [0.25, 0.3) is 16.7 Å². The predicted octanol–water partition coefficient (Wildman–Crippen LogP) is 1.64. The summed E-state index contributed by atoms with van der Waals surface area (Å²) in [7, 11) is 0. The molecule has 0 radical (unpaired) electrons. The molecule has 1 aliphatic rings. The fourth-order valence-corrected chi connectivity index (χ4v) is 3.94. The maximum atomic E-state index is 12.5. The van der Waals surface area contributed by atoms with Crippen LogP contribution in [0.3, 0.4) is 0 Å². The number of aliphatic hydroxyl groups is 1. The van der Waals surface area contributed by atoms with Gasteiger partial charge in [-0.05, 0) is 37.1 Å². The van der Waals surface area contributed by atoms with Crippen LogP contribution in [0.1, 0.15) is 11.1 Å². The number of β-amino-alcohol motifs (C(OH)–C–C–N with tert-alkyl or cyclic N) is 1. The number of morpholine rings is 1. The molecule has 0 aliphatic carbocycles. The highest BCUT2D eigenvalue weighted by molar-refractivity contribution is 9.10. The van der Waals surface area contributed by atoms with Gasteiger partial charge in [0.05, 0.1) is 18.8 Å². The highest BCUT2D eigenvalue weighted by atomic mass is 79.9. The second kappa shape index (κ2) is 6.49. The van der Waals surface area contributed by atoms with Crippen LogP contribution in [-0.4, -0.2) is 50.8 Å². The smallest absolute Gasteiger partial charge is 0.263 e. The molecule has 1 unspecified atom stereocenters. The number of aromatic amines is 1. The lowest BCUT2D eigenvalue weighted by molar-refractivity contribution is -0.104. The van der Waals surface area contributed by atoms with Gasteiger partial charge in [0, 0.05) is 17.2 Å². The molecule has 26 heavy (non-hydrogen) atoms. The summed E-state index contributed by atoms with van der Waals surface area (Å²) in [6.07, 6.45) is 0.804. The largest absolute Gasteiger partial charge is 0.366 e. The highest BCUT2D eigenvalue weighted by Crippen LogP contribution is 2.24. The van der Waals surface area contributed by atoms with Gasteiger partial charge in [-0.25, -0.2) is 4.68 Å². The van der Waals surface area contributed by atoms with Crippen LogP contribution in [-0.2, 0) is 4.74 Å². The van der Waals surface area contributed by atoms with Crippen molar-refractivity contribution in [2.75, 3.05) is 24.6 Å².